The van der Waals surface area contributed by atoms with Gasteiger partial charge in [-0.15, -0.1) is 0 Å². The Kier molecular flexibility index (Phi) is 3.09. The van der Waals surface area contributed by atoms with Crippen LogP contribution in [-0.4, -0.2) is 43.8 Å². The Balaban J connectivity index is 2.17. The summed E-state index contributed by atoms with van der Waals surface area (Å²) in [6.45, 7) is 5.50. The second-order valence-electron chi connectivity index (χ2n) is 2.63. The van der Waals surface area contributed by atoms with E-state index in [0.717, 1.165) is 19.6 Å². The molecular weight excluding hydrogens is 131 g/mol. The van der Waals surface area contributed by atoms with Gasteiger partial charge in [-0.2, -0.15) is 0 Å². The first-order valence-corrected chi connectivity index (χ1v) is 3.89. The van der Waals surface area contributed by atoms with Crippen LogP contribution in [0.2, 0.25) is 0 Å². The summed E-state index contributed by atoms with van der Waals surface area (Å²) in [4.78, 5) is 2.18. The summed E-state index contributed by atoms with van der Waals surface area (Å²) in [6.07, 6.45) is 0. The van der Waals surface area contributed by atoms with Crippen LogP contribution in [0, 0.1) is 0 Å². The van der Waals surface area contributed by atoms with E-state index in [0.29, 0.717) is 12.6 Å². The lowest BCUT2D eigenvalue weighted by molar-refractivity contribution is 0.143. The number of likely N-dealkylation sites (N-methyl/N-ethyl adjacent to an activating group) is 1. The fourth-order valence-corrected chi connectivity index (χ4v) is 1.24. The highest BCUT2D eigenvalue weighted by Gasteiger charge is 2.22. The highest BCUT2D eigenvalue weighted by Crippen LogP contribution is 2.03. The van der Waals surface area contributed by atoms with E-state index in [9.17, 15) is 4.39 Å². The lowest BCUT2D eigenvalue weighted by atomic mass is 10.1. The first-order chi connectivity index (χ1) is 4.88. The number of nitrogens with zero attached hydrogens (tertiary/aromatic N) is 1. The minimum atomic E-state index is -0.218. The van der Waals surface area contributed by atoms with Gasteiger partial charge in [0.1, 0.15) is 6.67 Å². The molecule has 0 bridgehead atoms. The first-order valence-electron chi connectivity index (χ1n) is 3.89. The molecule has 1 rings (SSSR count). The molecule has 1 N–H and O–H groups in total. The van der Waals surface area contributed by atoms with Crippen LogP contribution in [0.25, 0.3) is 0 Å². The molecule has 10 heavy (non-hydrogen) atoms. The van der Waals surface area contributed by atoms with Crippen molar-refractivity contribution in [2.45, 2.75) is 13.0 Å². The summed E-state index contributed by atoms with van der Waals surface area (Å²) in [6, 6.07) is 0.598. The van der Waals surface area contributed by atoms with Crippen LogP contribution in [0.15, 0.2) is 0 Å². The maximum Gasteiger partial charge on any atom is 0.102 e. The minimum Gasteiger partial charge on any atom is -0.314 e. The van der Waals surface area contributed by atoms with Crippen molar-refractivity contribution in [2.75, 3.05) is 32.9 Å². The third-order valence-corrected chi connectivity index (χ3v) is 2.05. The fraction of sp³-hybridized carbons (Fsp3) is 1.00. The van der Waals surface area contributed by atoms with E-state index < -0.39 is 0 Å². The maximum atomic E-state index is 11.9. The average molecular weight is 146 g/mol. The van der Waals surface area contributed by atoms with E-state index >= 15 is 0 Å². The van der Waals surface area contributed by atoms with Gasteiger partial charge in [0.2, 0.25) is 0 Å². The normalized spacial score (nSPS) is 19.5. The molecule has 60 valence electrons. The molecule has 1 saturated heterocycles. The van der Waals surface area contributed by atoms with Gasteiger partial charge >= 0.3 is 0 Å². The third-order valence-electron chi connectivity index (χ3n) is 2.05. The molecule has 1 aliphatic heterocycles. The van der Waals surface area contributed by atoms with Gasteiger partial charge in [-0.05, 0) is 6.54 Å². The molecule has 0 aliphatic carbocycles. The molecule has 0 amide bonds. The van der Waals surface area contributed by atoms with Crippen molar-refractivity contribution in [3.8, 4) is 0 Å². The topological polar surface area (TPSA) is 15.3 Å². The van der Waals surface area contributed by atoms with Gasteiger partial charge in [-0.25, -0.2) is 4.39 Å². The summed E-state index contributed by atoms with van der Waals surface area (Å²) in [7, 11) is 0. The quantitative estimate of drug-likeness (QED) is 0.611. The molecule has 0 spiro atoms. The number of hydrogen-bond acceptors (Lipinski definition) is 2. The molecule has 0 atom stereocenters. The molecule has 0 aromatic carbocycles. The Hall–Kier alpha value is -0.150. The average Bonchev–Trinajstić information content (AvgIpc) is 1.83. The highest BCUT2D eigenvalue weighted by atomic mass is 19.1. The summed E-state index contributed by atoms with van der Waals surface area (Å²) < 4.78 is 11.9. The second-order valence-corrected chi connectivity index (χ2v) is 2.63. The summed E-state index contributed by atoms with van der Waals surface area (Å²) in [5, 5.41) is 3.17. The van der Waals surface area contributed by atoms with Gasteiger partial charge in [0.15, 0.2) is 0 Å². The van der Waals surface area contributed by atoms with E-state index in [1.165, 1.54) is 0 Å². The SMILES string of the molecule is CCN(CCF)C1CNC1. The largest absolute Gasteiger partial charge is 0.314 e. The van der Waals surface area contributed by atoms with Crippen LogP contribution in [0.3, 0.4) is 0 Å². The van der Waals surface area contributed by atoms with Gasteiger partial charge in [0.05, 0.1) is 0 Å². The van der Waals surface area contributed by atoms with Gasteiger partial charge in [-0.3, -0.25) is 4.90 Å². The van der Waals surface area contributed by atoms with Gasteiger partial charge in [0.25, 0.3) is 0 Å². The Morgan fingerprint density at radius 2 is 2.30 bits per heavy atom. The van der Waals surface area contributed by atoms with Crippen molar-refractivity contribution in [1.29, 1.82) is 0 Å². The molecule has 1 aliphatic rings. The maximum absolute atomic E-state index is 11.9. The number of alkyl halides is 1. The Morgan fingerprint density at radius 1 is 1.60 bits per heavy atom. The van der Waals surface area contributed by atoms with Crippen LogP contribution in [0.5, 0.6) is 0 Å². The smallest absolute Gasteiger partial charge is 0.102 e. The number of nitrogens with one attached hydrogen (secondary N) is 1. The molecule has 0 unspecified atom stereocenters. The molecule has 3 heteroatoms. The van der Waals surface area contributed by atoms with E-state index in [1.54, 1.807) is 0 Å². The molecule has 0 aromatic heterocycles. The van der Waals surface area contributed by atoms with Crippen molar-refractivity contribution < 1.29 is 4.39 Å². The molecule has 1 fully saturated rings. The van der Waals surface area contributed by atoms with E-state index in [-0.39, 0.29) is 6.67 Å². The van der Waals surface area contributed by atoms with Crippen molar-refractivity contribution >= 4 is 0 Å². The predicted octanol–water partition coefficient (Wildman–Crippen LogP) is 0.250. The van der Waals surface area contributed by atoms with Crippen molar-refractivity contribution in [1.82, 2.24) is 10.2 Å². The van der Waals surface area contributed by atoms with E-state index in [4.69, 9.17) is 0 Å². The molecule has 1 heterocycles. The van der Waals surface area contributed by atoms with Gasteiger partial charge in [-0.1, -0.05) is 6.92 Å². The van der Waals surface area contributed by atoms with E-state index in [2.05, 4.69) is 17.1 Å². The lowest BCUT2D eigenvalue weighted by Gasteiger charge is -2.37. The number of halogens is 1. The third kappa shape index (κ3) is 1.67. The van der Waals surface area contributed by atoms with Gasteiger partial charge in [0, 0.05) is 25.7 Å². The summed E-state index contributed by atoms with van der Waals surface area (Å²) in [5.41, 5.74) is 0. The van der Waals surface area contributed by atoms with Crippen LogP contribution < -0.4 is 5.32 Å². The summed E-state index contributed by atoms with van der Waals surface area (Å²) in [5.74, 6) is 0. The minimum absolute atomic E-state index is 0.218. The lowest BCUT2D eigenvalue weighted by Crippen LogP contribution is -2.57. The van der Waals surface area contributed by atoms with E-state index in [1.807, 2.05) is 0 Å². The number of hydrogen-bond donors (Lipinski definition) is 1. The van der Waals surface area contributed by atoms with Crippen LogP contribution in [0.4, 0.5) is 4.39 Å². The molecular formula is C7H15FN2. The first kappa shape index (κ1) is 7.95. The van der Waals surface area contributed by atoms with Crippen LogP contribution >= 0.6 is 0 Å². The highest BCUT2D eigenvalue weighted by molar-refractivity contribution is 4.83. The Labute approximate surface area is 61.4 Å². The van der Waals surface area contributed by atoms with Crippen molar-refractivity contribution in [2.24, 2.45) is 0 Å². The van der Waals surface area contributed by atoms with Crippen molar-refractivity contribution in [3.05, 3.63) is 0 Å². The molecule has 0 radical (unpaired) electrons. The summed E-state index contributed by atoms with van der Waals surface area (Å²) >= 11 is 0. The van der Waals surface area contributed by atoms with Crippen molar-refractivity contribution in [3.63, 3.8) is 0 Å². The molecule has 2 nitrogen and oxygen atoms in total. The number of rotatable bonds is 4. The standard InChI is InChI=1S/C7H15FN2/c1-2-10(4-3-8)7-5-9-6-7/h7,9H,2-6H2,1H3. The zero-order valence-corrected chi connectivity index (χ0v) is 6.44. The fourth-order valence-electron chi connectivity index (χ4n) is 1.24. The van der Waals surface area contributed by atoms with Crippen LogP contribution in [0.1, 0.15) is 6.92 Å². The monoisotopic (exact) mass is 146 g/mol. The van der Waals surface area contributed by atoms with Crippen LogP contribution in [-0.2, 0) is 0 Å². The zero-order chi connectivity index (χ0) is 7.40. The molecule has 0 aromatic rings. The van der Waals surface area contributed by atoms with Gasteiger partial charge < -0.3 is 5.32 Å². The predicted molar refractivity (Wildman–Crippen MR) is 39.9 cm³/mol. The Bertz CT molecular complexity index is 93.6. The Morgan fingerprint density at radius 3 is 2.60 bits per heavy atom. The zero-order valence-electron chi connectivity index (χ0n) is 6.44. The molecule has 0 saturated carbocycles. The second kappa shape index (κ2) is 3.88.